The van der Waals surface area contributed by atoms with E-state index in [-0.39, 0.29) is 18.0 Å². The number of methoxy groups -OCH3 is 1. The Balaban J connectivity index is 2.40. The van der Waals surface area contributed by atoms with Gasteiger partial charge in [-0.15, -0.1) is 0 Å². The molecule has 92 valence electrons. The molecule has 6 heteroatoms. The van der Waals surface area contributed by atoms with Crippen molar-refractivity contribution in [1.82, 2.24) is 15.5 Å². The van der Waals surface area contributed by atoms with Gasteiger partial charge in [0.05, 0.1) is 19.2 Å². The topological polar surface area (TPSA) is 70.7 Å². The molecule has 2 N–H and O–H groups in total. The second kappa shape index (κ2) is 5.69. The summed E-state index contributed by atoms with van der Waals surface area (Å²) in [5.41, 5.74) is 0. The zero-order valence-corrected chi connectivity index (χ0v) is 9.95. The third-order valence-electron chi connectivity index (χ3n) is 2.81. The molecule has 0 saturated carbocycles. The van der Waals surface area contributed by atoms with Crippen LogP contribution in [0.4, 0.5) is 4.79 Å². The quantitative estimate of drug-likeness (QED) is 0.687. The Morgan fingerprint density at radius 3 is 2.75 bits per heavy atom. The molecule has 0 aliphatic carbocycles. The summed E-state index contributed by atoms with van der Waals surface area (Å²) >= 11 is 0. The minimum absolute atomic E-state index is 0.000422. The third-order valence-corrected chi connectivity index (χ3v) is 2.81. The minimum Gasteiger partial charge on any atom is -0.453 e. The molecule has 2 unspecified atom stereocenters. The molecule has 0 bridgehead atoms. The van der Waals surface area contributed by atoms with E-state index in [1.54, 1.807) is 11.9 Å². The maximum atomic E-state index is 11.8. The molecule has 2 amide bonds. The second-order valence-corrected chi connectivity index (χ2v) is 3.92. The first-order valence-electron chi connectivity index (χ1n) is 5.39. The number of carbonyl (C=O) groups excluding carboxylic acids is 2. The van der Waals surface area contributed by atoms with E-state index >= 15 is 0 Å². The van der Waals surface area contributed by atoms with Gasteiger partial charge in [0.15, 0.2) is 0 Å². The summed E-state index contributed by atoms with van der Waals surface area (Å²) in [6.45, 7) is 3.06. The SMILES string of the molecule is CNC(C)C(=O)N1CCC(NC(=O)OC)C1. The summed E-state index contributed by atoms with van der Waals surface area (Å²) in [4.78, 5) is 24.5. The summed E-state index contributed by atoms with van der Waals surface area (Å²) in [6.07, 6.45) is 0.332. The van der Waals surface area contributed by atoms with Gasteiger partial charge in [-0.05, 0) is 20.4 Å². The van der Waals surface area contributed by atoms with Gasteiger partial charge in [0.2, 0.25) is 5.91 Å². The highest BCUT2D eigenvalue weighted by atomic mass is 16.5. The Morgan fingerprint density at radius 2 is 2.19 bits per heavy atom. The van der Waals surface area contributed by atoms with Crippen molar-refractivity contribution in [1.29, 1.82) is 0 Å². The molecule has 16 heavy (non-hydrogen) atoms. The highest BCUT2D eigenvalue weighted by Gasteiger charge is 2.29. The zero-order valence-electron chi connectivity index (χ0n) is 9.95. The van der Waals surface area contributed by atoms with Crippen LogP contribution in [0.25, 0.3) is 0 Å². The molecule has 1 heterocycles. The van der Waals surface area contributed by atoms with Gasteiger partial charge in [-0.1, -0.05) is 0 Å². The number of ether oxygens (including phenoxy) is 1. The number of alkyl carbamates (subject to hydrolysis) is 1. The molecule has 0 spiro atoms. The van der Waals surface area contributed by atoms with Crippen LogP contribution in [0.1, 0.15) is 13.3 Å². The summed E-state index contributed by atoms with van der Waals surface area (Å²) in [7, 11) is 3.08. The first kappa shape index (κ1) is 12.8. The van der Waals surface area contributed by atoms with Crippen LogP contribution in [0.2, 0.25) is 0 Å². The van der Waals surface area contributed by atoms with Crippen molar-refractivity contribution in [2.75, 3.05) is 27.2 Å². The van der Waals surface area contributed by atoms with Crippen LogP contribution < -0.4 is 10.6 Å². The molecule has 6 nitrogen and oxygen atoms in total. The van der Waals surface area contributed by atoms with Gasteiger partial charge in [-0.3, -0.25) is 4.79 Å². The zero-order chi connectivity index (χ0) is 12.1. The predicted molar refractivity (Wildman–Crippen MR) is 59.0 cm³/mol. The smallest absolute Gasteiger partial charge is 0.407 e. The van der Waals surface area contributed by atoms with Gasteiger partial charge in [0.1, 0.15) is 0 Å². The number of rotatable bonds is 3. The van der Waals surface area contributed by atoms with Crippen LogP contribution in [0, 0.1) is 0 Å². The van der Waals surface area contributed by atoms with Gasteiger partial charge in [0.25, 0.3) is 0 Å². The maximum absolute atomic E-state index is 11.8. The maximum Gasteiger partial charge on any atom is 0.407 e. The molecular formula is C10H19N3O3. The first-order valence-corrected chi connectivity index (χ1v) is 5.39. The summed E-state index contributed by atoms with van der Waals surface area (Å²) in [6, 6.07) is -0.183. The molecule has 1 rings (SSSR count). The van der Waals surface area contributed by atoms with E-state index in [1.807, 2.05) is 6.92 Å². The Bertz CT molecular complexity index is 270. The van der Waals surface area contributed by atoms with Gasteiger partial charge >= 0.3 is 6.09 Å². The second-order valence-electron chi connectivity index (χ2n) is 3.92. The lowest BCUT2D eigenvalue weighted by Gasteiger charge is -2.20. The number of nitrogens with one attached hydrogen (secondary N) is 2. The van der Waals surface area contributed by atoms with E-state index < -0.39 is 6.09 Å². The molecular weight excluding hydrogens is 210 g/mol. The fourth-order valence-electron chi connectivity index (χ4n) is 1.70. The largest absolute Gasteiger partial charge is 0.453 e. The van der Waals surface area contributed by atoms with Gasteiger partial charge in [-0.2, -0.15) is 0 Å². The number of hydrogen-bond acceptors (Lipinski definition) is 4. The molecule has 0 aromatic rings. The van der Waals surface area contributed by atoms with E-state index in [0.717, 1.165) is 6.42 Å². The van der Waals surface area contributed by atoms with Crippen LogP contribution in [-0.2, 0) is 9.53 Å². The molecule has 0 radical (unpaired) electrons. The van der Waals surface area contributed by atoms with Gasteiger partial charge in [0, 0.05) is 13.1 Å². The van der Waals surface area contributed by atoms with Crippen LogP contribution in [-0.4, -0.2) is 56.2 Å². The van der Waals surface area contributed by atoms with Crippen molar-refractivity contribution in [3.05, 3.63) is 0 Å². The van der Waals surface area contributed by atoms with Crippen LogP contribution in [0.3, 0.4) is 0 Å². The number of likely N-dealkylation sites (N-methyl/N-ethyl adjacent to an activating group) is 1. The highest BCUT2D eigenvalue weighted by molar-refractivity contribution is 5.81. The lowest BCUT2D eigenvalue weighted by atomic mass is 10.3. The first-order chi connectivity index (χ1) is 7.58. The van der Waals surface area contributed by atoms with E-state index in [1.165, 1.54) is 7.11 Å². The van der Waals surface area contributed by atoms with Crippen LogP contribution in [0.15, 0.2) is 0 Å². The van der Waals surface area contributed by atoms with Crippen molar-refractivity contribution in [2.24, 2.45) is 0 Å². The van der Waals surface area contributed by atoms with E-state index in [2.05, 4.69) is 15.4 Å². The lowest BCUT2D eigenvalue weighted by molar-refractivity contribution is -0.131. The Kier molecular flexibility index (Phi) is 4.54. The summed E-state index contributed by atoms with van der Waals surface area (Å²) in [5, 5.41) is 5.60. The van der Waals surface area contributed by atoms with Crippen molar-refractivity contribution in [2.45, 2.75) is 25.4 Å². The average Bonchev–Trinajstić information content (AvgIpc) is 2.75. The average molecular weight is 229 g/mol. The van der Waals surface area contributed by atoms with Crippen LogP contribution in [0.5, 0.6) is 0 Å². The summed E-state index contributed by atoms with van der Waals surface area (Å²) < 4.78 is 4.51. The van der Waals surface area contributed by atoms with Crippen molar-refractivity contribution >= 4 is 12.0 Å². The minimum atomic E-state index is -0.444. The van der Waals surface area contributed by atoms with E-state index in [9.17, 15) is 9.59 Å². The number of amides is 2. The van der Waals surface area contributed by atoms with Crippen molar-refractivity contribution in [3.63, 3.8) is 0 Å². The standard InChI is InChI=1S/C10H19N3O3/c1-7(11-2)9(14)13-5-4-8(6-13)12-10(15)16-3/h7-8,11H,4-6H2,1-3H3,(H,12,15). The fraction of sp³-hybridized carbons (Fsp3) is 0.800. The molecule has 1 aliphatic rings. The monoisotopic (exact) mass is 229 g/mol. The Labute approximate surface area is 95.3 Å². The number of likely N-dealkylation sites (tertiary alicyclic amines) is 1. The molecule has 1 saturated heterocycles. The van der Waals surface area contributed by atoms with Crippen molar-refractivity contribution in [3.8, 4) is 0 Å². The van der Waals surface area contributed by atoms with Crippen LogP contribution >= 0.6 is 0 Å². The number of carbonyl (C=O) groups is 2. The van der Waals surface area contributed by atoms with E-state index in [0.29, 0.717) is 13.1 Å². The van der Waals surface area contributed by atoms with Gasteiger partial charge in [-0.25, -0.2) is 4.79 Å². The highest BCUT2D eigenvalue weighted by Crippen LogP contribution is 2.10. The Morgan fingerprint density at radius 1 is 1.50 bits per heavy atom. The third kappa shape index (κ3) is 3.10. The fourth-order valence-corrected chi connectivity index (χ4v) is 1.70. The molecule has 0 aromatic carbocycles. The van der Waals surface area contributed by atoms with E-state index in [4.69, 9.17) is 0 Å². The molecule has 2 atom stereocenters. The van der Waals surface area contributed by atoms with Gasteiger partial charge < -0.3 is 20.3 Å². The molecule has 1 fully saturated rings. The molecule has 0 aromatic heterocycles. The Hall–Kier alpha value is -1.30. The lowest BCUT2D eigenvalue weighted by Crippen LogP contribution is -2.44. The normalized spacial score (nSPS) is 21.7. The predicted octanol–water partition coefficient (Wildman–Crippen LogP) is -0.449. The number of hydrogen-bond donors (Lipinski definition) is 2. The van der Waals surface area contributed by atoms with Crippen molar-refractivity contribution < 1.29 is 14.3 Å². The summed E-state index contributed by atoms with van der Waals surface area (Å²) in [5.74, 6) is 0.0664. The number of nitrogens with zero attached hydrogens (tertiary/aromatic N) is 1. The molecule has 1 aliphatic heterocycles.